The van der Waals surface area contributed by atoms with Crippen LogP contribution in [-0.4, -0.2) is 153 Å². The number of rotatable bonds is 37. The lowest BCUT2D eigenvalue weighted by Gasteiger charge is -2.30. The van der Waals surface area contributed by atoms with E-state index in [1.807, 2.05) is 91.0 Å². The first kappa shape index (κ1) is 71.5. The first-order valence-electron chi connectivity index (χ1n) is 31.5. The second kappa shape index (κ2) is 35.2. The number of guanidine groups is 3. The number of amides is 7. The monoisotopic (exact) mass is 1300 g/mol. The van der Waals surface area contributed by atoms with Gasteiger partial charge in [-0.1, -0.05) is 105 Å². The molecule has 7 rings (SSSR count). The molecule has 506 valence electrons. The Morgan fingerprint density at radius 1 is 0.421 bits per heavy atom. The molecule has 29 nitrogen and oxygen atoms in total. The van der Waals surface area contributed by atoms with E-state index in [0.717, 1.165) is 38.3 Å². The number of carboxylic acids is 1. The molecule has 29 heteroatoms. The Bertz CT molecular complexity index is 3850. The zero-order chi connectivity index (χ0) is 68.6. The number of hydrogen-bond acceptors (Lipinski definition) is 12. The molecule has 9 atom stereocenters. The predicted octanol–water partition coefficient (Wildman–Crippen LogP) is 0.413. The molecular formula is C66H88N20O9. The Morgan fingerprint density at radius 2 is 0.747 bits per heavy atom. The number of H-pyrrole nitrogens is 3. The second-order valence-electron chi connectivity index (χ2n) is 23.4. The quantitative estimate of drug-likeness (QED) is 0.0142. The van der Waals surface area contributed by atoms with Crippen molar-refractivity contribution in [3.05, 3.63) is 144 Å². The highest BCUT2D eigenvalue weighted by atomic mass is 16.4. The minimum absolute atomic E-state index is 0.0175. The Hall–Kier alpha value is -11.0. The SMILES string of the molecule is CC[C@H](C)[C@H](NC(=O)[C@H](CCCN=C(N)N)NC(=O)[C@H](Cc1c[nH]c2ccccc12)NC(=O)[C@@H](N)Cc1ccccc1)C(=O)N[C@@H](Cc1c[nH]c2ccccc12)C(=O)N[C@@H](CCCN=C(N)N)C(=O)N[C@@H](Cc1c[nH]c2ccccc12)C(=O)N[C@@H](CCCN=C(N)N)C(=O)O. The summed E-state index contributed by atoms with van der Waals surface area (Å²) in [6, 6.07) is 20.3. The lowest BCUT2D eigenvalue weighted by molar-refractivity contribution is -0.142. The minimum Gasteiger partial charge on any atom is -0.480 e. The average molecular weight is 1310 g/mol. The Kier molecular flexibility index (Phi) is 26.5. The Balaban J connectivity index is 1.18. The van der Waals surface area contributed by atoms with Gasteiger partial charge in [-0.25, -0.2) is 4.79 Å². The Morgan fingerprint density at radius 3 is 1.14 bits per heavy atom. The number of carbonyl (C=O) groups excluding carboxylic acids is 7. The van der Waals surface area contributed by atoms with Gasteiger partial charge in [0.1, 0.15) is 42.3 Å². The summed E-state index contributed by atoms with van der Waals surface area (Å²) in [5.41, 5.74) is 45.0. The highest BCUT2D eigenvalue weighted by Gasteiger charge is 2.37. The van der Waals surface area contributed by atoms with Crippen molar-refractivity contribution in [2.75, 3.05) is 19.6 Å². The van der Waals surface area contributed by atoms with Crippen molar-refractivity contribution in [3.63, 3.8) is 0 Å². The number of para-hydroxylation sites is 3. The van der Waals surface area contributed by atoms with E-state index in [4.69, 9.17) is 40.1 Å². The number of nitrogens with one attached hydrogen (secondary N) is 10. The van der Waals surface area contributed by atoms with Crippen molar-refractivity contribution >= 4 is 97.9 Å². The molecule has 0 radical (unpaired) electrons. The molecule has 7 amide bonds. The smallest absolute Gasteiger partial charge is 0.326 e. The van der Waals surface area contributed by atoms with Crippen molar-refractivity contribution in [3.8, 4) is 0 Å². The zero-order valence-corrected chi connectivity index (χ0v) is 53.2. The molecule has 3 aromatic heterocycles. The fraction of sp³-hybridized carbons (Fsp3) is 0.379. The number of carboxylic acid groups (broad SMARTS) is 1. The van der Waals surface area contributed by atoms with Crippen LogP contribution >= 0.6 is 0 Å². The van der Waals surface area contributed by atoms with Crippen LogP contribution in [0.4, 0.5) is 0 Å². The van der Waals surface area contributed by atoms with Crippen LogP contribution in [0.2, 0.25) is 0 Å². The van der Waals surface area contributed by atoms with Crippen LogP contribution in [0.15, 0.2) is 137 Å². The number of fused-ring (bicyclic) bond motifs is 3. The number of nitrogens with zero attached hydrogens (tertiary/aromatic N) is 3. The van der Waals surface area contributed by atoms with E-state index in [-0.39, 0.29) is 102 Å². The van der Waals surface area contributed by atoms with Gasteiger partial charge in [-0.15, -0.1) is 0 Å². The number of aliphatic imine (C=N–C) groups is 3. The molecule has 0 saturated heterocycles. The summed E-state index contributed by atoms with van der Waals surface area (Å²) in [6.45, 7) is 3.69. The standard InChI is InChI=1S/C66H88N20O9/c1-3-37(2)55(86-58(89)50(25-14-28-75-65(70)71)81-59(90)52(31-39-34-77-46-21-10-7-18-42(39)46)83-56(87)45(67)30-38-16-5-4-6-17-38)62(93)85-54(33-41-36-79-48-23-12-9-20-44(41)48)60(91)80-49(24-13-27-74-64(68)69)57(88)84-53(32-40-35-78-47-22-11-8-19-43(40)47)61(92)82-51(63(94)95)26-15-29-76-66(72)73/h4-12,16-23,34-37,45,49-55,77-79H,3,13-15,24-33,67H2,1-2H3,(H,80,91)(H,81,90)(H,82,92)(H,83,87)(H,84,88)(H,85,93)(H,86,89)(H,94,95)(H4,68,69,74)(H4,70,71,75)(H4,72,73,76)/t37-,45-,49-,50-,51-,52-,53-,54-,55-/m0/s1. The van der Waals surface area contributed by atoms with Gasteiger partial charge in [0.05, 0.1) is 6.04 Å². The van der Waals surface area contributed by atoms with Crippen molar-refractivity contribution in [2.24, 2.45) is 61.0 Å². The van der Waals surface area contributed by atoms with E-state index in [1.165, 1.54) is 0 Å². The third-order valence-electron chi connectivity index (χ3n) is 16.3. The zero-order valence-electron chi connectivity index (χ0n) is 53.2. The minimum atomic E-state index is -1.46. The number of carbonyl (C=O) groups is 8. The molecule has 0 bridgehead atoms. The molecule has 0 aliphatic carbocycles. The molecule has 0 aliphatic heterocycles. The molecule has 3 heterocycles. The third kappa shape index (κ3) is 21.3. The third-order valence-corrected chi connectivity index (χ3v) is 16.3. The lowest BCUT2D eigenvalue weighted by Crippen LogP contribution is -2.61. The lowest BCUT2D eigenvalue weighted by atomic mass is 9.96. The van der Waals surface area contributed by atoms with Crippen molar-refractivity contribution in [2.45, 2.75) is 133 Å². The maximum atomic E-state index is 15.2. The fourth-order valence-corrected chi connectivity index (χ4v) is 11.0. The maximum absolute atomic E-state index is 15.2. The number of aliphatic carboxylic acids is 1. The molecule has 0 unspecified atom stereocenters. The summed E-state index contributed by atoms with van der Waals surface area (Å²) in [4.78, 5) is 137. The van der Waals surface area contributed by atoms with Crippen LogP contribution in [-0.2, 0) is 64.0 Å². The van der Waals surface area contributed by atoms with E-state index >= 15 is 9.59 Å². The summed E-state index contributed by atoms with van der Waals surface area (Å²) < 4.78 is 0. The average Bonchev–Trinajstić information content (AvgIpc) is 1.76. The number of nitrogens with two attached hydrogens (primary N) is 7. The van der Waals surface area contributed by atoms with Gasteiger partial charge < -0.3 is 97.4 Å². The van der Waals surface area contributed by atoms with Gasteiger partial charge in [0, 0.05) is 90.2 Å². The van der Waals surface area contributed by atoms with Crippen LogP contribution in [0.5, 0.6) is 0 Å². The number of hydrogen-bond donors (Lipinski definition) is 18. The van der Waals surface area contributed by atoms with Gasteiger partial charge in [0.25, 0.3) is 0 Å². The predicted molar refractivity (Wildman–Crippen MR) is 364 cm³/mol. The van der Waals surface area contributed by atoms with Crippen LogP contribution in [0.1, 0.15) is 81.0 Å². The largest absolute Gasteiger partial charge is 0.480 e. The number of benzene rings is 4. The first-order valence-corrected chi connectivity index (χ1v) is 31.5. The van der Waals surface area contributed by atoms with Gasteiger partial charge in [-0.3, -0.25) is 48.5 Å². The van der Waals surface area contributed by atoms with Crippen molar-refractivity contribution in [1.29, 1.82) is 0 Å². The van der Waals surface area contributed by atoms with E-state index in [2.05, 4.69) is 67.1 Å². The Labute approximate surface area is 548 Å². The van der Waals surface area contributed by atoms with E-state index < -0.39 is 102 Å². The van der Waals surface area contributed by atoms with Crippen LogP contribution in [0, 0.1) is 5.92 Å². The van der Waals surface area contributed by atoms with Gasteiger partial charge in [0.2, 0.25) is 41.4 Å². The molecule has 25 N–H and O–H groups in total. The molecule has 4 aromatic carbocycles. The van der Waals surface area contributed by atoms with Crippen molar-refractivity contribution in [1.82, 2.24) is 52.2 Å². The van der Waals surface area contributed by atoms with Crippen molar-refractivity contribution < 1.29 is 43.5 Å². The van der Waals surface area contributed by atoms with E-state index in [0.29, 0.717) is 23.1 Å². The summed E-state index contributed by atoms with van der Waals surface area (Å²) in [6.07, 6.45) is 5.53. The molecule has 0 saturated carbocycles. The van der Waals surface area contributed by atoms with E-state index in [9.17, 15) is 33.9 Å². The van der Waals surface area contributed by atoms with Gasteiger partial charge >= 0.3 is 5.97 Å². The van der Waals surface area contributed by atoms with Crippen LogP contribution in [0.3, 0.4) is 0 Å². The first-order chi connectivity index (χ1) is 45.6. The van der Waals surface area contributed by atoms with Crippen LogP contribution in [0.25, 0.3) is 32.7 Å². The topological polar surface area (TPSA) is 508 Å². The molecular weight excluding hydrogens is 1220 g/mol. The van der Waals surface area contributed by atoms with Gasteiger partial charge in [0.15, 0.2) is 17.9 Å². The molecule has 0 spiro atoms. The highest BCUT2D eigenvalue weighted by Crippen LogP contribution is 2.23. The van der Waals surface area contributed by atoms with Gasteiger partial charge in [-0.2, -0.15) is 0 Å². The summed E-state index contributed by atoms with van der Waals surface area (Å²) in [7, 11) is 0. The molecule has 0 aliphatic rings. The molecule has 95 heavy (non-hydrogen) atoms. The van der Waals surface area contributed by atoms with Crippen LogP contribution < -0.4 is 77.4 Å². The fourth-order valence-electron chi connectivity index (χ4n) is 11.0. The summed E-state index contributed by atoms with van der Waals surface area (Å²) >= 11 is 0. The second-order valence-corrected chi connectivity index (χ2v) is 23.4. The van der Waals surface area contributed by atoms with E-state index in [1.54, 1.807) is 44.6 Å². The number of aromatic nitrogens is 3. The summed E-state index contributed by atoms with van der Waals surface area (Å²) in [5, 5.41) is 32.0. The normalized spacial score (nSPS) is 14.1. The highest BCUT2D eigenvalue weighted by molar-refractivity contribution is 5.99. The summed E-state index contributed by atoms with van der Waals surface area (Å²) in [5.74, 6) is -8.06. The molecule has 0 fully saturated rings. The maximum Gasteiger partial charge on any atom is 0.326 e. The van der Waals surface area contributed by atoms with Gasteiger partial charge in [-0.05, 0) is 91.3 Å². The molecule has 7 aromatic rings. The number of aromatic amines is 3.